The van der Waals surface area contributed by atoms with Gasteiger partial charge in [0.1, 0.15) is 5.15 Å². The lowest BCUT2D eigenvalue weighted by Gasteiger charge is -2.32. The lowest BCUT2D eigenvalue weighted by atomic mass is 9.88. The molecule has 88 valence electrons. The van der Waals surface area contributed by atoms with Gasteiger partial charge in [-0.3, -0.25) is 0 Å². The summed E-state index contributed by atoms with van der Waals surface area (Å²) < 4.78 is 0. The highest BCUT2D eigenvalue weighted by molar-refractivity contribution is 6.30. The van der Waals surface area contributed by atoms with Gasteiger partial charge >= 0.3 is 0 Å². The van der Waals surface area contributed by atoms with Crippen LogP contribution in [0.5, 0.6) is 0 Å². The van der Waals surface area contributed by atoms with E-state index in [0.717, 1.165) is 30.6 Å². The molecule has 0 aliphatic carbocycles. The Kier molecular flexibility index (Phi) is 3.47. The van der Waals surface area contributed by atoms with Crippen molar-refractivity contribution in [1.82, 2.24) is 10.3 Å². The molecule has 2 heterocycles. The zero-order valence-electron chi connectivity index (χ0n) is 9.46. The number of rotatable bonds is 2. The summed E-state index contributed by atoms with van der Waals surface area (Å²) in [5.74, 6) is 0. The highest BCUT2D eigenvalue weighted by atomic mass is 35.5. The molecule has 1 aromatic heterocycles. The van der Waals surface area contributed by atoms with Crippen LogP contribution in [0, 0.1) is 6.92 Å². The SMILES string of the molecule is Cc1ccc(CC2(O)CCCNC2)c(Cl)n1. The third kappa shape index (κ3) is 2.73. The molecule has 2 N–H and O–H groups in total. The third-order valence-corrected chi connectivity index (χ3v) is 3.36. The molecule has 0 radical (unpaired) electrons. The van der Waals surface area contributed by atoms with Crippen LogP contribution in [-0.4, -0.2) is 28.8 Å². The van der Waals surface area contributed by atoms with E-state index in [0.29, 0.717) is 18.1 Å². The Labute approximate surface area is 101 Å². The normalized spacial score (nSPS) is 25.7. The van der Waals surface area contributed by atoms with Crippen LogP contribution in [0.3, 0.4) is 0 Å². The number of nitrogens with one attached hydrogen (secondary N) is 1. The van der Waals surface area contributed by atoms with Gasteiger partial charge in [0.25, 0.3) is 0 Å². The number of piperidine rings is 1. The standard InChI is InChI=1S/C12H17ClN2O/c1-9-3-4-10(11(13)15-9)7-12(16)5-2-6-14-8-12/h3-4,14,16H,2,5-8H2,1H3. The lowest BCUT2D eigenvalue weighted by Crippen LogP contribution is -2.47. The van der Waals surface area contributed by atoms with Crippen LogP contribution in [0.2, 0.25) is 5.15 Å². The maximum Gasteiger partial charge on any atom is 0.132 e. The first-order chi connectivity index (χ1) is 7.59. The first kappa shape index (κ1) is 11.8. The summed E-state index contributed by atoms with van der Waals surface area (Å²) in [5.41, 5.74) is 1.17. The fourth-order valence-corrected chi connectivity index (χ4v) is 2.41. The van der Waals surface area contributed by atoms with E-state index in [1.807, 2.05) is 19.1 Å². The average molecular weight is 241 g/mol. The van der Waals surface area contributed by atoms with Gasteiger partial charge in [-0.05, 0) is 37.9 Å². The molecule has 1 fully saturated rings. The molecule has 1 aliphatic rings. The van der Waals surface area contributed by atoms with Crippen molar-refractivity contribution in [1.29, 1.82) is 0 Å². The highest BCUT2D eigenvalue weighted by Crippen LogP contribution is 2.24. The molecular weight excluding hydrogens is 224 g/mol. The number of aryl methyl sites for hydroxylation is 1. The summed E-state index contributed by atoms with van der Waals surface area (Å²) in [5, 5.41) is 14.1. The molecule has 2 rings (SSSR count). The Balaban J connectivity index is 2.13. The predicted octanol–water partition coefficient (Wildman–Crippen LogP) is 1.70. The maximum absolute atomic E-state index is 10.4. The summed E-state index contributed by atoms with van der Waals surface area (Å²) in [6.45, 7) is 3.53. The Morgan fingerprint density at radius 2 is 2.38 bits per heavy atom. The largest absolute Gasteiger partial charge is 0.388 e. The van der Waals surface area contributed by atoms with Gasteiger partial charge in [0.2, 0.25) is 0 Å². The molecule has 1 unspecified atom stereocenters. The zero-order valence-corrected chi connectivity index (χ0v) is 10.2. The lowest BCUT2D eigenvalue weighted by molar-refractivity contribution is 0.0169. The van der Waals surface area contributed by atoms with E-state index >= 15 is 0 Å². The molecular formula is C12H17ClN2O. The van der Waals surface area contributed by atoms with E-state index in [4.69, 9.17) is 11.6 Å². The van der Waals surface area contributed by atoms with Gasteiger partial charge in [-0.2, -0.15) is 0 Å². The van der Waals surface area contributed by atoms with E-state index in [1.165, 1.54) is 0 Å². The smallest absolute Gasteiger partial charge is 0.132 e. The van der Waals surface area contributed by atoms with Gasteiger partial charge in [0.15, 0.2) is 0 Å². The summed E-state index contributed by atoms with van der Waals surface area (Å²) >= 11 is 6.07. The minimum Gasteiger partial charge on any atom is -0.388 e. The van der Waals surface area contributed by atoms with Crippen molar-refractivity contribution in [2.24, 2.45) is 0 Å². The Bertz CT molecular complexity index is 375. The van der Waals surface area contributed by atoms with Gasteiger partial charge in [-0.25, -0.2) is 4.98 Å². The van der Waals surface area contributed by atoms with Crippen molar-refractivity contribution in [3.05, 3.63) is 28.5 Å². The van der Waals surface area contributed by atoms with Crippen LogP contribution in [0.25, 0.3) is 0 Å². The molecule has 1 saturated heterocycles. The number of aliphatic hydroxyl groups is 1. The second-order valence-corrected chi connectivity index (χ2v) is 4.94. The number of hydrogen-bond donors (Lipinski definition) is 2. The average Bonchev–Trinajstić information content (AvgIpc) is 2.23. The Morgan fingerprint density at radius 3 is 3.00 bits per heavy atom. The van der Waals surface area contributed by atoms with E-state index in [1.54, 1.807) is 0 Å². The van der Waals surface area contributed by atoms with Crippen LogP contribution >= 0.6 is 11.6 Å². The van der Waals surface area contributed by atoms with Crippen molar-refractivity contribution in [2.75, 3.05) is 13.1 Å². The molecule has 1 aromatic rings. The predicted molar refractivity (Wildman–Crippen MR) is 64.7 cm³/mol. The minimum absolute atomic E-state index is 0.513. The molecule has 0 aromatic carbocycles. The van der Waals surface area contributed by atoms with Crippen molar-refractivity contribution in [3.8, 4) is 0 Å². The maximum atomic E-state index is 10.4. The first-order valence-corrected chi connectivity index (χ1v) is 6.02. The monoisotopic (exact) mass is 240 g/mol. The molecule has 1 aliphatic heterocycles. The summed E-state index contributed by atoms with van der Waals surface area (Å²) in [6.07, 6.45) is 2.41. The van der Waals surface area contributed by atoms with Crippen LogP contribution < -0.4 is 5.32 Å². The molecule has 0 bridgehead atoms. The second-order valence-electron chi connectivity index (χ2n) is 4.58. The molecule has 0 spiro atoms. The Hall–Kier alpha value is -0.640. The number of nitrogens with zero attached hydrogens (tertiary/aromatic N) is 1. The molecule has 0 amide bonds. The Morgan fingerprint density at radius 1 is 1.56 bits per heavy atom. The van der Waals surface area contributed by atoms with Crippen molar-refractivity contribution in [2.45, 2.75) is 31.8 Å². The van der Waals surface area contributed by atoms with Crippen LogP contribution in [0.15, 0.2) is 12.1 Å². The first-order valence-electron chi connectivity index (χ1n) is 5.64. The third-order valence-electron chi connectivity index (χ3n) is 3.03. The van der Waals surface area contributed by atoms with E-state index in [9.17, 15) is 5.11 Å². The van der Waals surface area contributed by atoms with Crippen LogP contribution in [0.1, 0.15) is 24.1 Å². The molecule has 0 saturated carbocycles. The van der Waals surface area contributed by atoms with Crippen molar-refractivity contribution in [3.63, 3.8) is 0 Å². The molecule has 3 nitrogen and oxygen atoms in total. The second kappa shape index (κ2) is 4.70. The van der Waals surface area contributed by atoms with E-state index in [-0.39, 0.29) is 0 Å². The van der Waals surface area contributed by atoms with Gasteiger partial charge in [-0.1, -0.05) is 17.7 Å². The summed E-state index contributed by atoms with van der Waals surface area (Å²) in [4.78, 5) is 4.20. The van der Waals surface area contributed by atoms with Gasteiger partial charge < -0.3 is 10.4 Å². The van der Waals surface area contributed by atoms with Crippen molar-refractivity contribution < 1.29 is 5.11 Å². The molecule has 16 heavy (non-hydrogen) atoms. The van der Waals surface area contributed by atoms with Gasteiger partial charge in [-0.15, -0.1) is 0 Å². The van der Waals surface area contributed by atoms with E-state index in [2.05, 4.69) is 10.3 Å². The van der Waals surface area contributed by atoms with Crippen molar-refractivity contribution >= 4 is 11.6 Å². The van der Waals surface area contributed by atoms with Gasteiger partial charge in [0.05, 0.1) is 5.60 Å². The van der Waals surface area contributed by atoms with Crippen LogP contribution in [0.4, 0.5) is 0 Å². The van der Waals surface area contributed by atoms with Crippen LogP contribution in [-0.2, 0) is 6.42 Å². The summed E-state index contributed by atoms with van der Waals surface area (Å²) in [7, 11) is 0. The van der Waals surface area contributed by atoms with E-state index < -0.39 is 5.60 Å². The number of β-amino-alcohol motifs (C(OH)–C–C–N with tert-alkyl or cyclic N) is 1. The topological polar surface area (TPSA) is 45.1 Å². The number of hydrogen-bond acceptors (Lipinski definition) is 3. The summed E-state index contributed by atoms with van der Waals surface area (Å²) in [6, 6.07) is 3.89. The highest BCUT2D eigenvalue weighted by Gasteiger charge is 2.30. The zero-order chi connectivity index (χ0) is 11.6. The number of aromatic nitrogens is 1. The fourth-order valence-electron chi connectivity index (χ4n) is 2.14. The number of pyridine rings is 1. The molecule has 4 heteroatoms. The quantitative estimate of drug-likeness (QED) is 0.774. The minimum atomic E-state index is -0.668. The van der Waals surface area contributed by atoms with Gasteiger partial charge in [0, 0.05) is 18.7 Å². The number of halogens is 1. The fraction of sp³-hybridized carbons (Fsp3) is 0.583. The molecule has 1 atom stereocenters.